The van der Waals surface area contributed by atoms with Gasteiger partial charge in [-0.3, -0.25) is 4.79 Å². The summed E-state index contributed by atoms with van der Waals surface area (Å²) in [6.07, 6.45) is 0.315. The van der Waals surface area contributed by atoms with Crippen molar-refractivity contribution in [2.45, 2.75) is 12.5 Å². The van der Waals surface area contributed by atoms with Gasteiger partial charge in [-0.05, 0) is 18.2 Å². The van der Waals surface area contributed by atoms with Gasteiger partial charge in [-0.1, -0.05) is 11.6 Å². The third kappa shape index (κ3) is 2.32. The summed E-state index contributed by atoms with van der Waals surface area (Å²) in [5.74, 6) is -0.525. The van der Waals surface area contributed by atoms with Crippen LogP contribution in [0.2, 0.25) is 5.02 Å². The molecule has 5 nitrogen and oxygen atoms in total. The standard InChI is InChI=1S/C12H13ClN2O3/c1-18-12(17)7-2-3-10(9(13)4-7)15-6-8(14)5-11(15)16/h2-4,8H,5-6,14H2,1H3. The summed E-state index contributed by atoms with van der Waals surface area (Å²) >= 11 is 6.08. The molecule has 0 aromatic heterocycles. The van der Waals surface area contributed by atoms with Crippen LogP contribution in [0.5, 0.6) is 0 Å². The van der Waals surface area contributed by atoms with Crippen LogP contribution in [0.3, 0.4) is 0 Å². The number of carbonyl (C=O) groups excluding carboxylic acids is 2. The summed E-state index contributed by atoms with van der Waals surface area (Å²) in [4.78, 5) is 24.6. The number of rotatable bonds is 2. The number of hydrogen-bond acceptors (Lipinski definition) is 4. The van der Waals surface area contributed by atoms with E-state index in [9.17, 15) is 9.59 Å². The van der Waals surface area contributed by atoms with Gasteiger partial charge < -0.3 is 15.4 Å². The van der Waals surface area contributed by atoms with Crippen molar-refractivity contribution >= 4 is 29.2 Å². The first kappa shape index (κ1) is 12.9. The highest BCUT2D eigenvalue weighted by Crippen LogP contribution is 2.30. The molecule has 1 fully saturated rings. The van der Waals surface area contributed by atoms with E-state index in [1.54, 1.807) is 12.1 Å². The lowest BCUT2D eigenvalue weighted by atomic mass is 10.2. The van der Waals surface area contributed by atoms with Crippen molar-refractivity contribution in [3.8, 4) is 0 Å². The Morgan fingerprint density at radius 3 is 2.78 bits per heavy atom. The van der Waals surface area contributed by atoms with Gasteiger partial charge in [-0.15, -0.1) is 0 Å². The summed E-state index contributed by atoms with van der Waals surface area (Å²) in [5.41, 5.74) is 6.64. The lowest BCUT2D eigenvalue weighted by molar-refractivity contribution is -0.117. The van der Waals surface area contributed by atoms with Crippen LogP contribution < -0.4 is 10.6 Å². The van der Waals surface area contributed by atoms with Crippen LogP contribution in [0, 0.1) is 0 Å². The Hall–Kier alpha value is -1.59. The average molecular weight is 269 g/mol. The van der Waals surface area contributed by atoms with Crippen molar-refractivity contribution in [2.24, 2.45) is 5.73 Å². The second kappa shape index (κ2) is 4.96. The van der Waals surface area contributed by atoms with Crippen LogP contribution in [-0.4, -0.2) is 31.6 Å². The summed E-state index contributed by atoms with van der Waals surface area (Å²) in [5, 5.41) is 0.334. The molecule has 0 aliphatic carbocycles. The molecule has 18 heavy (non-hydrogen) atoms. The van der Waals surface area contributed by atoms with Crippen molar-refractivity contribution in [3.05, 3.63) is 28.8 Å². The largest absolute Gasteiger partial charge is 0.465 e. The lowest BCUT2D eigenvalue weighted by Gasteiger charge is -2.18. The molecular weight excluding hydrogens is 256 g/mol. The maximum atomic E-state index is 11.7. The predicted octanol–water partition coefficient (Wildman–Crippen LogP) is 1.19. The van der Waals surface area contributed by atoms with E-state index >= 15 is 0 Å². The van der Waals surface area contributed by atoms with E-state index in [4.69, 9.17) is 17.3 Å². The summed E-state index contributed by atoms with van der Waals surface area (Å²) in [6, 6.07) is 4.52. The molecule has 0 bridgehead atoms. The zero-order valence-corrected chi connectivity index (χ0v) is 10.6. The SMILES string of the molecule is COC(=O)c1ccc(N2CC(N)CC2=O)c(Cl)c1. The monoisotopic (exact) mass is 268 g/mol. The normalized spacial score (nSPS) is 19.2. The minimum Gasteiger partial charge on any atom is -0.465 e. The van der Waals surface area contributed by atoms with Gasteiger partial charge >= 0.3 is 5.97 Å². The highest BCUT2D eigenvalue weighted by Gasteiger charge is 2.29. The Balaban J connectivity index is 2.30. The predicted molar refractivity (Wildman–Crippen MR) is 67.7 cm³/mol. The molecule has 1 aliphatic heterocycles. The van der Waals surface area contributed by atoms with Crippen molar-refractivity contribution in [1.29, 1.82) is 0 Å². The highest BCUT2D eigenvalue weighted by atomic mass is 35.5. The van der Waals surface area contributed by atoms with Gasteiger partial charge in [0.15, 0.2) is 0 Å². The number of carbonyl (C=O) groups is 2. The number of nitrogens with zero attached hydrogens (tertiary/aromatic N) is 1. The van der Waals surface area contributed by atoms with Gasteiger partial charge in [-0.2, -0.15) is 0 Å². The Morgan fingerprint density at radius 1 is 1.56 bits per heavy atom. The minimum atomic E-state index is -0.465. The zero-order chi connectivity index (χ0) is 13.3. The van der Waals surface area contributed by atoms with Crippen LogP contribution in [0.1, 0.15) is 16.8 Å². The van der Waals surface area contributed by atoms with Crippen LogP contribution in [-0.2, 0) is 9.53 Å². The third-order valence-corrected chi connectivity index (χ3v) is 3.12. The lowest BCUT2D eigenvalue weighted by Crippen LogP contribution is -2.28. The Morgan fingerprint density at radius 2 is 2.28 bits per heavy atom. The number of benzene rings is 1. The van der Waals surface area contributed by atoms with Gasteiger partial charge in [0.25, 0.3) is 0 Å². The van der Waals surface area contributed by atoms with Gasteiger partial charge in [0, 0.05) is 19.0 Å². The molecule has 1 saturated heterocycles. The second-order valence-corrected chi connectivity index (χ2v) is 4.53. The molecule has 6 heteroatoms. The Kier molecular flexibility index (Phi) is 3.54. The van der Waals surface area contributed by atoms with E-state index in [0.29, 0.717) is 29.2 Å². The van der Waals surface area contributed by atoms with Gasteiger partial charge in [0.05, 0.1) is 23.4 Å². The Bertz CT molecular complexity index is 504. The van der Waals surface area contributed by atoms with E-state index in [0.717, 1.165) is 0 Å². The van der Waals surface area contributed by atoms with Crippen molar-refractivity contribution < 1.29 is 14.3 Å². The minimum absolute atomic E-state index is 0.0600. The molecule has 2 rings (SSSR count). The van der Waals surface area contributed by atoms with Crippen molar-refractivity contribution in [1.82, 2.24) is 0 Å². The van der Waals surface area contributed by atoms with Crippen molar-refractivity contribution in [2.75, 3.05) is 18.6 Å². The van der Waals surface area contributed by atoms with Crippen molar-refractivity contribution in [3.63, 3.8) is 0 Å². The molecule has 96 valence electrons. The number of esters is 1. The fourth-order valence-electron chi connectivity index (χ4n) is 1.94. The molecule has 1 aliphatic rings. The van der Waals surface area contributed by atoms with Gasteiger partial charge in [0.1, 0.15) is 0 Å². The van der Waals surface area contributed by atoms with E-state index in [-0.39, 0.29) is 11.9 Å². The molecule has 1 aromatic rings. The molecule has 1 heterocycles. The quantitative estimate of drug-likeness (QED) is 0.818. The van der Waals surface area contributed by atoms with Crippen LogP contribution in [0.4, 0.5) is 5.69 Å². The highest BCUT2D eigenvalue weighted by molar-refractivity contribution is 6.34. The van der Waals surface area contributed by atoms with E-state index in [1.807, 2.05) is 0 Å². The molecule has 1 aromatic carbocycles. The van der Waals surface area contributed by atoms with Gasteiger partial charge in [0.2, 0.25) is 5.91 Å². The molecule has 1 atom stereocenters. The number of amides is 1. The molecule has 0 spiro atoms. The molecular formula is C12H13ClN2O3. The third-order valence-electron chi connectivity index (χ3n) is 2.81. The Labute approximate surface area is 109 Å². The van der Waals surface area contributed by atoms with Crippen LogP contribution in [0.15, 0.2) is 18.2 Å². The number of ether oxygens (including phenoxy) is 1. The first-order valence-corrected chi connectivity index (χ1v) is 5.84. The zero-order valence-electron chi connectivity index (χ0n) is 9.85. The van der Waals surface area contributed by atoms with Gasteiger partial charge in [-0.25, -0.2) is 4.79 Å². The van der Waals surface area contributed by atoms with Crippen LogP contribution >= 0.6 is 11.6 Å². The molecule has 1 unspecified atom stereocenters. The van der Waals surface area contributed by atoms with Crippen LogP contribution in [0.25, 0.3) is 0 Å². The summed E-state index contributed by atoms with van der Waals surface area (Å²) in [7, 11) is 1.30. The maximum absolute atomic E-state index is 11.7. The molecule has 0 saturated carbocycles. The van der Waals surface area contributed by atoms with E-state index in [2.05, 4.69) is 4.74 Å². The number of methoxy groups -OCH3 is 1. The maximum Gasteiger partial charge on any atom is 0.337 e. The molecule has 2 N–H and O–H groups in total. The topological polar surface area (TPSA) is 72.6 Å². The first-order valence-electron chi connectivity index (χ1n) is 5.46. The number of anilines is 1. The fraction of sp³-hybridized carbons (Fsp3) is 0.333. The molecule has 1 amide bonds. The molecule has 0 radical (unpaired) electrons. The number of hydrogen-bond donors (Lipinski definition) is 1. The van der Waals surface area contributed by atoms with E-state index < -0.39 is 5.97 Å². The summed E-state index contributed by atoms with van der Waals surface area (Å²) < 4.78 is 4.60. The average Bonchev–Trinajstić information content (AvgIpc) is 2.67. The number of halogens is 1. The fourth-order valence-corrected chi connectivity index (χ4v) is 2.22. The smallest absolute Gasteiger partial charge is 0.337 e. The second-order valence-electron chi connectivity index (χ2n) is 4.13. The summed E-state index contributed by atoms with van der Waals surface area (Å²) in [6.45, 7) is 0.441. The first-order chi connectivity index (χ1) is 8.52. The van der Waals surface area contributed by atoms with E-state index in [1.165, 1.54) is 18.1 Å². The number of nitrogens with two attached hydrogens (primary N) is 1.